The average Bonchev–Trinajstić information content (AvgIpc) is 2.58. The van der Waals surface area contributed by atoms with E-state index in [-0.39, 0.29) is 6.42 Å². The number of carboxylic acids is 1. The van der Waals surface area contributed by atoms with E-state index in [1.54, 1.807) is 6.92 Å². The van der Waals surface area contributed by atoms with Crippen molar-refractivity contribution in [1.82, 2.24) is 15.0 Å². The number of hydrogen-bond donors (Lipinski definition) is 1. The first kappa shape index (κ1) is 11.6. The van der Waals surface area contributed by atoms with Crippen LogP contribution >= 0.6 is 0 Å². The molecule has 0 amide bonds. The summed E-state index contributed by atoms with van der Waals surface area (Å²) in [6, 6.07) is 0. The van der Waals surface area contributed by atoms with Crippen molar-refractivity contribution in [3.63, 3.8) is 0 Å². The van der Waals surface area contributed by atoms with E-state index in [1.807, 2.05) is 11.8 Å². The van der Waals surface area contributed by atoms with Gasteiger partial charge in [0.1, 0.15) is 0 Å². The van der Waals surface area contributed by atoms with Crippen molar-refractivity contribution in [2.24, 2.45) is 0 Å². The lowest BCUT2D eigenvalue weighted by molar-refractivity contribution is -0.137. The first-order valence-electron chi connectivity index (χ1n) is 4.85. The van der Waals surface area contributed by atoms with Crippen molar-refractivity contribution >= 4 is 5.97 Å². The van der Waals surface area contributed by atoms with E-state index < -0.39 is 5.97 Å². The third-order valence-electron chi connectivity index (χ3n) is 2.02. The first-order valence-corrected chi connectivity index (χ1v) is 4.85. The minimum absolute atomic E-state index is 0.130. The fraction of sp³-hybridized carbons (Fsp3) is 0.667. The maximum Gasteiger partial charge on any atom is 0.304 e. The molecule has 0 aliphatic rings. The summed E-state index contributed by atoms with van der Waals surface area (Å²) < 4.78 is 4.83. The molecular weight excluding hydrogens is 198 g/mol. The van der Waals surface area contributed by atoms with Crippen molar-refractivity contribution in [3.8, 4) is 0 Å². The fourth-order valence-corrected chi connectivity index (χ4v) is 1.21. The standard InChI is InChI=1S/C9H15N3O3/c1-3-12(5-4-9(13)14)6-8-10-7(2)15-11-8/h3-6H2,1-2H3,(H,13,14). The smallest absolute Gasteiger partial charge is 0.304 e. The molecule has 0 radical (unpaired) electrons. The molecule has 1 heterocycles. The number of aromatic nitrogens is 2. The third-order valence-corrected chi connectivity index (χ3v) is 2.02. The minimum Gasteiger partial charge on any atom is -0.481 e. The van der Waals surface area contributed by atoms with E-state index in [9.17, 15) is 4.79 Å². The van der Waals surface area contributed by atoms with Crippen LogP contribution in [0.25, 0.3) is 0 Å². The summed E-state index contributed by atoms with van der Waals surface area (Å²) in [6.45, 7) is 5.49. The molecule has 0 atom stereocenters. The maximum absolute atomic E-state index is 10.4. The Hall–Kier alpha value is -1.43. The summed E-state index contributed by atoms with van der Waals surface area (Å²) in [5.74, 6) is 0.330. The van der Waals surface area contributed by atoms with Crippen molar-refractivity contribution in [2.45, 2.75) is 26.8 Å². The molecule has 0 saturated carbocycles. The van der Waals surface area contributed by atoms with Crippen LogP contribution in [0.3, 0.4) is 0 Å². The van der Waals surface area contributed by atoms with E-state index in [2.05, 4.69) is 10.1 Å². The van der Waals surface area contributed by atoms with Gasteiger partial charge in [-0.3, -0.25) is 9.69 Å². The molecule has 15 heavy (non-hydrogen) atoms. The van der Waals surface area contributed by atoms with Crippen LogP contribution in [0.5, 0.6) is 0 Å². The first-order chi connectivity index (χ1) is 7.11. The van der Waals surface area contributed by atoms with Crippen molar-refractivity contribution in [1.29, 1.82) is 0 Å². The van der Waals surface area contributed by atoms with E-state index in [4.69, 9.17) is 9.63 Å². The Kier molecular flexibility index (Phi) is 4.23. The van der Waals surface area contributed by atoms with Crippen LogP contribution in [0.1, 0.15) is 25.1 Å². The second kappa shape index (κ2) is 5.45. The highest BCUT2D eigenvalue weighted by Gasteiger charge is 2.09. The van der Waals surface area contributed by atoms with Crippen LogP contribution in [0.4, 0.5) is 0 Å². The molecule has 1 aromatic rings. The van der Waals surface area contributed by atoms with Crippen molar-refractivity contribution in [3.05, 3.63) is 11.7 Å². The number of aliphatic carboxylic acids is 1. The van der Waals surface area contributed by atoms with Gasteiger partial charge in [-0.05, 0) is 6.54 Å². The van der Waals surface area contributed by atoms with Crippen LogP contribution < -0.4 is 0 Å². The molecular formula is C9H15N3O3. The van der Waals surface area contributed by atoms with Crippen molar-refractivity contribution in [2.75, 3.05) is 13.1 Å². The van der Waals surface area contributed by atoms with Gasteiger partial charge in [0.2, 0.25) is 5.89 Å². The number of nitrogens with zero attached hydrogens (tertiary/aromatic N) is 3. The Morgan fingerprint density at radius 3 is 2.80 bits per heavy atom. The largest absolute Gasteiger partial charge is 0.481 e. The quantitative estimate of drug-likeness (QED) is 0.748. The Bertz CT molecular complexity index is 324. The highest BCUT2D eigenvalue weighted by atomic mass is 16.5. The Balaban J connectivity index is 2.42. The zero-order valence-electron chi connectivity index (χ0n) is 8.93. The number of hydrogen-bond acceptors (Lipinski definition) is 5. The summed E-state index contributed by atoms with van der Waals surface area (Å²) in [6.07, 6.45) is 0.130. The molecule has 6 nitrogen and oxygen atoms in total. The molecule has 0 aliphatic heterocycles. The summed E-state index contributed by atoms with van der Waals surface area (Å²) in [5, 5.41) is 12.3. The number of rotatable bonds is 6. The number of aryl methyl sites for hydroxylation is 1. The highest BCUT2D eigenvalue weighted by Crippen LogP contribution is 2.01. The maximum atomic E-state index is 10.4. The van der Waals surface area contributed by atoms with Gasteiger partial charge in [0, 0.05) is 13.5 Å². The lowest BCUT2D eigenvalue weighted by Crippen LogP contribution is -2.26. The van der Waals surface area contributed by atoms with Crippen LogP contribution in [0.15, 0.2) is 4.52 Å². The van der Waals surface area contributed by atoms with Crippen LogP contribution in [-0.2, 0) is 11.3 Å². The average molecular weight is 213 g/mol. The molecule has 0 aromatic carbocycles. The molecule has 0 aliphatic carbocycles. The normalized spacial score (nSPS) is 10.9. The summed E-state index contributed by atoms with van der Waals surface area (Å²) in [7, 11) is 0. The molecule has 6 heteroatoms. The SMILES string of the molecule is CCN(CCC(=O)O)Cc1noc(C)n1. The van der Waals surface area contributed by atoms with Crippen LogP contribution in [-0.4, -0.2) is 39.2 Å². The van der Waals surface area contributed by atoms with Crippen LogP contribution in [0.2, 0.25) is 0 Å². The van der Waals surface area contributed by atoms with Gasteiger partial charge in [-0.25, -0.2) is 0 Å². The van der Waals surface area contributed by atoms with E-state index >= 15 is 0 Å². The molecule has 0 bridgehead atoms. The zero-order valence-corrected chi connectivity index (χ0v) is 8.93. The van der Waals surface area contributed by atoms with Crippen molar-refractivity contribution < 1.29 is 14.4 Å². The molecule has 0 spiro atoms. The van der Waals surface area contributed by atoms with Crippen LogP contribution in [0, 0.1) is 6.92 Å². The second-order valence-electron chi connectivity index (χ2n) is 3.24. The lowest BCUT2D eigenvalue weighted by atomic mass is 10.3. The minimum atomic E-state index is -0.794. The van der Waals surface area contributed by atoms with Gasteiger partial charge >= 0.3 is 5.97 Å². The number of carboxylic acid groups (broad SMARTS) is 1. The van der Waals surface area contributed by atoms with E-state index in [1.165, 1.54) is 0 Å². The molecule has 1 aromatic heterocycles. The predicted octanol–water partition coefficient (Wildman–Crippen LogP) is 0.675. The monoisotopic (exact) mass is 213 g/mol. The molecule has 1 rings (SSSR count). The topological polar surface area (TPSA) is 79.5 Å². The Labute approximate surface area is 87.9 Å². The zero-order chi connectivity index (χ0) is 11.3. The predicted molar refractivity (Wildman–Crippen MR) is 52.2 cm³/mol. The molecule has 84 valence electrons. The van der Waals surface area contributed by atoms with E-state index in [0.29, 0.717) is 24.8 Å². The fourth-order valence-electron chi connectivity index (χ4n) is 1.21. The van der Waals surface area contributed by atoms with Gasteiger partial charge in [-0.15, -0.1) is 0 Å². The summed E-state index contributed by atoms with van der Waals surface area (Å²) in [4.78, 5) is 16.4. The highest BCUT2D eigenvalue weighted by molar-refractivity contribution is 5.66. The molecule has 1 N–H and O–H groups in total. The third kappa shape index (κ3) is 4.07. The van der Waals surface area contributed by atoms with Gasteiger partial charge < -0.3 is 9.63 Å². The molecule has 0 saturated heterocycles. The molecule has 0 unspecified atom stereocenters. The van der Waals surface area contributed by atoms with Gasteiger partial charge in [0.15, 0.2) is 5.82 Å². The van der Waals surface area contributed by atoms with Gasteiger partial charge in [0.05, 0.1) is 13.0 Å². The second-order valence-corrected chi connectivity index (χ2v) is 3.24. The van der Waals surface area contributed by atoms with Gasteiger partial charge in [-0.2, -0.15) is 4.98 Å². The summed E-state index contributed by atoms with van der Waals surface area (Å²) in [5.41, 5.74) is 0. The summed E-state index contributed by atoms with van der Waals surface area (Å²) >= 11 is 0. The molecule has 0 fully saturated rings. The number of carbonyl (C=O) groups is 1. The Morgan fingerprint density at radius 1 is 1.60 bits per heavy atom. The lowest BCUT2D eigenvalue weighted by Gasteiger charge is -2.16. The Morgan fingerprint density at radius 2 is 2.33 bits per heavy atom. The van der Waals surface area contributed by atoms with E-state index in [0.717, 1.165) is 6.54 Å². The van der Waals surface area contributed by atoms with Gasteiger partial charge in [-0.1, -0.05) is 12.1 Å². The van der Waals surface area contributed by atoms with Gasteiger partial charge in [0.25, 0.3) is 0 Å².